The number of ether oxygens (including phenoxy) is 1. The molecule has 7 heteroatoms. The lowest BCUT2D eigenvalue weighted by molar-refractivity contribution is 0.163. The van der Waals surface area contributed by atoms with Crippen molar-refractivity contribution in [2.45, 2.75) is 37.6 Å². The minimum atomic E-state index is -3.67. The molecule has 0 aliphatic heterocycles. The summed E-state index contributed by atoms with van der Waals surface area (Å²) in [6.07, 6.45) is 4.23. The van der Waals surface area contributed by atoms with Gasteiger partial charge in [-0.3, -0.25) is 4.98 Å². The Labute approximate surface area is 126 Å². The molecule has 0 atom stereocenters. The first kappa shape index (κ1) is 17.4. The molecule has 0 aromatic carbocycles. The monoisotopic (exact) mass is 320 g/mol. The van der Waals surface area contributed by atoms with Crippen LogP contribution in [0.3, 0.4) is 0 Å². The zero-order chi connectivity index (χ0) is 15.2. The Balaban J connectivity index is 3.20. The first-order valence-corrected chi connectivity index (χ1v) is 8.41. The zero-order valence-corrected chi connectivity index (χ0v) is 13.6. The minimum Gasteiger partial charge on any atom is -0.383 e. The smallest absolute Gasteiger partial charge is 0.246 e. The Bertz CT molecular complexity index is 518. The molecular formula is C13H21ClN2O3S. The SMILES string of the molecule is CCC(CC)N(CCOC)S(=O)(=O)c1cnccc1Cl. The number of halogens is 1. The summed E-state index contributed by atoms with van der Waals surface area (Å²) >= 11 is 6.00. The summed E-state index contributed by atoms with van der Waals surface area (Å²) in [5, 5.41) is 0.188. The summed E-state index contributed by atoms with van der Waals surface area (Å²) in [6.45, 7) is 4.58. The average molecular weight is 321 g/mol. The van der Waals surface area contributed by atoms with Crippen molar-refractivity contribution in [1.82, 2.24) is 9.29 Å². The van der Waals surface area contributed by atoms with E-state index in [1.54, 1.807) is 7.11 Å². The van der Waals surface area contributed by atoms with Crippen LogP contribution in [-0.2, 0) is 14.8 Å². The predicted molar refractivity (Wildman–Crippen MR) is 79.4 cm³/mol. The van der Waals surface area contributed by atoms with Crippen LogP contribution in [0.15, 0.2) is 23.4 Å². The highest BCUT2D eigenvalue weighted by Crippen LogP contribution is 2.26. The van der Waals surface area contributed by atoms with Gasteiger partial charge in [0.05, 0.1) is 11.6 Å². The Morgan fingerprint density at radius 3 is 2.55 bits per heavy atom. The zero-order valence-electron chi connectivity index (χ0n) is 12.0. The van der Waals surface area contributed by atoms with Crippen LogP contribution >= 0.6 is 11.6 Å². The molecule has 0 bridgehead atoms. The molecule has 0 saturated carbocycles. The second-order valence-corrected chi connectivity index (χ2v) is 6.65. The predicted octanol–water partition coefficient (Wildman–Crippen LogP) is 2.56. The van der Waals surface area contributed by atoms with Gasteiger partial charge in [-0.15, -0.1) is 0 Å². The van der Waals surface area contributed by atoms with Gasteiger partial charge < -0.3 is 4.74 Å². The third-order valence-corrected chi connectivity index (χ3v) is 5.61. The fourth-order valence-electron chi connectivity index (χ4n) is 2.06. The molecular weight excluding hydrogens is 300 g/mol. The fourth-order valence-corrected chi connectivity index (χ4v) is 4.22. The molecule has 1 aromatic heterocycles. The third kappa shape index (κ3) is 3.91. The van der Waals surface area contributed by atoms with Gasteiger partial charge in [0.15, 0.2) is 0 Å². The van der Waals surface area contributed by atoms with Gasteiger partial charge in [-0.25, -0.2) is 8.42 Å². The van der Waals surface area contributed by atoms with Crippen molar-refractivity contribution in [3.8, 4) is 0 Å². The van der Waals surface area contributed by atoms with Crippen LogP contribution in [0.5, 0.6) is 0 Å². The topological polar surface area (TPSA) is 59.5 Å². The summed E-state index contributed by atoms with van der Waals surface area (Å²) in [7, 11) is -2.12. The van der Waals surface area contributed by atoms with Crippen LogP contribution in [0.25, 0.3) is 0 Å². The van der Waals surface area contributed by atoms with E-state index in [1.165, 1.54) is 22.8 Å². The van der Waals surface area contributed by atoms with Gasteiger partial charge in [0.1, 0.15) is 4.90 Å². The molecule has 0 aliphatic carbocycles. The van der Waals surface area contributed by atoms with Gasteiger partial charge >= 0.3 is 0 Å². The molecule has 0 unspecified atom stereocenters. The van der Waals surface area contributed by atoms with Crippen LogP contribution in [0.1, 0.15) is 26.7 Å². The Hall–Kier alpha value is -0.690. The number of methoxy groups -OCH3 is 1. The second kappa shape index (κ2) is 7.93. The molecule has 0 spiro atoms. The molecule has 0 aliphatic rings. The van der Waals surface area contributed by atoms with Crippen molar-refractivity contribution < 1.29 is 13.2 Å². The van der Waals surface area contributed by atoms with Gasteiger partial charge in [0.2, 0.25) is 10.0 Å². The summed E-state index contributed by atoms with van der Waals surface area (Å²) in [5.74, 6) is 0. The molecule has 0 saturated heterocycles. The number of pyridine rings is 1. The van der Waals surface area contributed by atoms with Gasteiger partial charge in [0, 0.05) is 32.1 Å². The van der Waals surface area contributed by atoms with Gasteiger partial charge in [-0.2, -0.15) is 4.31 Å². The lowest BCUT2D eigenvalue weighted by Gasteiger charge is -2.29. The third-order valence-electron chi connectivity index (χ3n) is 3.19. The Morgan fingerprint density at radius 2 is 2.05 bits per heavy atom. The second-order valence-electron chi connectivity index (χ2n) is 4.38. The highest BCUT2D eigenvalue weighted by Gasteiger charge is 2.31. The fraction of sp³-hybridized carbons (Fsp3) is 0.615. The summed E-state index contributed by atoms with van der Waals surface area (Å²) in [6, 6.07) is 1.40. The quantitative estimate of drug-likeness (QED) is 0.738. The number of sulfonamides is 1. The molecule has 20 heavy (non-hydrogen) atoms. The van der Waals surface area contributed by atoms with E-state index in [0.717, 1.165) is 12.8 Å². The maximum atomic E-state index is 12.8. The van der Waals surface area contributed by atoms with Crippen molar-refractivity contribution in [2.75, 3.05) is 20.3 Å². The van der Waals surface area contributed by atoms with Gasteiger partial charge in [-0.05, 0) is 18.9 Å². The van der Waals surface area contributed by atoms with Crippen molar-refractivity contribution >= 4 is 21.6 Å². The van der Waals surface area contributed by atoms with Gasteiger partial charge in [-0.1, -0.05) is 25.4 Å². The first-order valence-electron chi connectivity index (χ1n) is 6.59. The first-order chi connectivity index (χ1) is 9.48. The average Bonchev–Trinajstić information content (AvgIpc) is 2.43. The van der Waals surface area contributed by atoms with Crippen molar-refractivity contribution in [2.24, 2.45) is 0 Å². The molecule has 1 rings (SSSR count). The molecule has 0 N–H and O–H groups in total. The van der Waals surface area contributed by atoms with Crippen LogP contribution in [0.2, 0.25) is 5.02 Å². The summed E-state index contributed by atoms with van der Waals surface area (Å²) in [4.78, 5) is 3.91. The molecule has 0 radical (unpaired) electrons. The van der Waals surface area contributed by atoms with Gasteiger partial charge in [0.25, 0.3) is 0 Å². The summed E-state index contributed by atoms with van der Waals surface area (Å²) < 4.78 is 32.0. The van der Waals surface area contributed by atoms with E-state index in [0.29, 0.717) is 13.2 Å². The van der Waals surface area contributed by atoms with E-state index < -0.39 is 10.0 Å². The largest absolute Gasteiger partial charge is 0.383 e. The highest BCUT2D eigenvalue weighted by atomic mass is 35.5. The van der Waals surface area contributed by atoms with E-state index >= 15 is 0 Å². The van der Waals surface area contributed by atoms with Crippen LogP contribution in [0.4, 0.5) is 0 Å². The van der Waals surface area contributed by atoms with E-state index in [-0.39, 0.29) is 16.0 Å². The highest BCUT2D eigenvalue weighted by molar-refractivity contribution is 7.89. The van der Waals surface area contributed by atoms with E-state index in [1.807, 2.05) is 13.8 Å². The van der Waals surface area contributed by atoms with Crippen LogP contribution in [-0.4, -0.2) is 44.0 Å². The van der Waals surface area contributed by atoms with E-state index in [4.69, 9.17) is 16.3 Å². The summed E-state index contributed by atoms with van der Waals surface area (Å²) in [5.41, 5.74) is 0. The molecule has 0 amide bonds. The molecule has 1 heterocycles. The minimum absolute atomic E-state index is 0.0460. The number of hydrogen-bond acceptors (Lipinski definition) is 4. The van der Waals surface area contributed by atoms with Crippen LogP contribution in [0, 0.1) is 0 Å². The Kier molecular flexibility index (Phi) is 6.88. The maximum Gasteiger partial charge on any atom is 0.246 e. The Morgan fingerprint density at radius 1 is 1.40 bits per heavy atom. The van der Waals surface area contributed by atoms with E-state index in [2.05, 4.69) is 4.98 Å². The molecule has 5 nitrogen and oxygen atoms in total. The lowest BCUT2D eigenvalue weighted by atomic mass is 10.2. The standard InChI is InChI=1S/C13H21ClN2O3S/c1-4-11(5-2)16(8-9-19-3)20(17,18)13-10-15-7-6-12(13)14/h6-7,10-11H,4-5,8-9H2,1-3H3. The number of nitrogens with zero attached hydrogens (tertiary/aromatic N) is 2. The molecule has 114 valence electrons. The molecule has 1 aromatic rings. The molecule has 0 fully saturated rings. The number of rotatable bonds is 8. The lowest BCUT2D eigenvalue weighted by Crippen LogP contribution is -2.41. The van der Waals surface area contributed by atoms with Crippen molar-refractivity contribution in [3.05, 3.63) is 23.5 Å². The normalized spacial score (nSPS) is 12.3. The van der Waals surface area contributed by atoms with Crippen molar-refractivity contribution in [1.29, 1.82) is 0 Å². The van der Waals surface area contributed by atoms with Crippen LogP contribution < -0.4 is 0 Å². The number of hydrogen-bond donors (Lipinski definition) is 0. The maximum absolute atomic E-state index is 12.8. The van der Waals surface area contributed by atoms with E-state index in [9.17, 15) is 8.42 Å². The van der Waals surface area contributed by atoms with Crippen molar-refractivity contribution in [3.63, 3.8) is 0 Å². The number of aromatic nitrogens is 1.